The van der Waals surface area contributed by atoms with E-state index in [0.717, 1.165) is 34.9 Å². The Bertz CT molecular complexity index is 1130. The highest BCUT2D eigenvalue weighted by atomic mass is 35.5. The van der Waals surface area contributed by atoms with Gasteiger partial charge < -0.3 is 9.47 Å². The third-order valence-corrected chi connectivity index (χ3v) is 7.00. The zero-order chi connectivity index (χ0) is 24.1. The van der Waals surface area contributed by atoms with Crippen molar-refractivity contribution in [2.75, 3.05) is 6.61 Å². The quantitative estimate of drug-likeness (QED) is 0.323. The van der Waals surface area contributed by atoms with Crippen LogP contribution in [0.4, 0.5) is 0 Å². The Morgan fingerprint density at radius 2 is 1.88 bits per heavy atom. The summed E-state index contributed by atoms with van der Waals surface area (Å²) in [7, 11) is 0. The van der Waals surface area contributed by atoms with Crippen LogP contribution in [0.15, 0.2) is 54.6 Å². The molecular weight excluding hydrogens is 448 g/mol. The maximum atomic E-state index is 11.9. The Kier molecular flexibility index (Phi) is 7.74. The number of carbonyl (C=O) groups excluding carboxylic acids is 1. The van der Waals surface area contributed by atoms with Crippen LogP contribution in [0.3, 0.4) is 0 Å². The van der Waals surface area contributed by atoms with Crippen molar-refractivity contribution >= 4 is 17.4 Å². The first-order valence-electron chi connectivity index (χ1n) is 12.0. The first kappa shape index (κ1) is 24.5. The summed E-state index contributed by atoms with van der Waals surface area (Å²) in [6.45, 7) is 6.63. The molecule has 0 unspecified atom stereocenters. The molecule has 2 aromatic carbocycles. The molecule has 0 radical (unpaired) electrons. The van der Waals surface area contributed by atoms with E-state index in [1.54, 1.807) is 20.8 Å². The minimum atomic E-state index is -0.860. The molecule has 5 nitrogen and oxygen atoms in total. The summed E-state index contributed by atoms with van der Waals surface area (Å²) in [5, 5.41) is 5.51. The average molecular weight is 481 g/mol. The largest absolute Gasteiger partial charge is 0.493 e. The van der Waals surface area contributed by atoms with Crippen LogP contribution in [0.1, 0.15) is 57.7 Å². The second kappa shape index (κ2) is 10.7. The molecule has 1 heterocycles. The lowest BCUT2D eigenvalue weighted by molar-refractivity contribution is -0.139. The van der Waals surface area contributed by atoms with Gasteiger partial charge >= 0.3 is 0 Å². The van der Waals surface area contributed by atoms with Gasteiger partial charge in [-0.25, -0.2) is 0 Å². The highest BCUT2D eigenvalue weighted by Gasteiger charge is 2.25. The van der Waals surface area contributed by atoms with E-state index >= 15 is 0 Å². The van der Waals surface area contributed by atoms with Gasteiger partial charge in [0.2, 0.25) is 0 Å². The SMILES string of the molecule is CC(=O)C(C)(C)OCc1cc(-c2cccc(OCC3CCCC3)c2)n(Cc2ccccc2Cl)n1. The van der Waals surface area contributed by atoms with Gasteiger partial charge in [-0.1, -0.05) is 54.8 Å². The van der Waals surface area contributed by atoms with Crippen LogP contribution in [0.5, 0.6) is 5.75 Å². The molecule has 34 heavy (non-hydrogen) atoms. The maximum Gasteiger partial charge on any atom is 0.161 e. The lowest BCUT2D eigenvalue weighted by atomic mass is 10.1. The van der Waals surface area contributed by atoms with Gasteiger partial charge in [-0.15, -0.1) is 0 Å². The summed E-state index contributed by atoms with van der Waals surface area (Å²) < 4.78 is 14.0. The highest BCUT2D eigenvalue weighted by Crippen LogP contribution is 2.29. The van der Waals surface area contributed by atoms with Crippen molar-refractivity contribution < 1.29 is 14.3 Å². The monoisotopic (exact) mass is 480 g/mol. The number of benzene rings is 2. The Balaban J connectivity index is 1.60. The number of ether oxygens (including phenoxy) is 2. The summed E-state index contributed by atoms with van der Waals surface area (Å²) in [6, 6.07) is 18.0. The molecule has 0 saturated heterocycles. The minimum Gasteiger partial charge on any atom is -0.493 e. The number of Topliss-reactive ketones (excluding diaryl/α,β-unsaturated/α-hetero) is 1. The van der Waals surface area contributed by atoms with E-state index in [-0.39, 0.29) is 12.4 Å². The summed E-state index contributed by atoms with van der Waals surface area (Å²) in [5.41, 5.74) is 2.85. The average Bonchev–Trinajstić information content (AvgIpc) is 3.48. The summed E-state index contributed by atoms with van der Waals surface area (Å²) >= 11 is 6.44. The van der Waals surface area contributed by atoms with Crippen LogP contribution in [0, 0.1) is 5.92 Å². The molecule has 3 aromatic rings. The number of rotatable bonds is 10. The van der Waals surface area contributed by atoms with Crippen LogP contribution in [-0.4, -0.2) is 27.8 Å². The van der Waals surface area contributed by atoms with Crippen LogP contribution in [0.25, 0.3) is 11.3 Å². The fourth-order valence-electron chi connectivity index (χ4n) is 4.17. The number of halogens is 1. The number of hydrogen-bond acceptors (Lipinski definition) is 4. The maximum absolute atomic E-state index is 11.9. The van der Waals surface area contributed by atoms with E-state index in [9.17, 15) is 4.79 Å². The number of aromatic nitrogens is 2. The lowest BCUT2D eigenvalue weighted by Crippen LogP contribution is -2.32. The van der Waals surface area contributed by atoms with E-state index in [1.807, 2.05) is 47.1 Å². The van der Waals surface area contributed by atoms with Gasteiger partial charge in [0.1, 0.15) is 11.4 Å². The van der Waals surface area contributed by atoms with E-state index < -0.39 is 5.60 Å². The van der Waals surface area contributed by atoms with E-state index in [2.05, 4.69) is 12.1 Å². The van der Waals surface area contributed by atoms with Gasteiger partial charge in [0.05, 0.1) is 31.1 Å². The third-order valence-electron chi connectivity index (χ3n) is 6.63. The molecule has 1 aromatic heterocycles. The molecule has 1 aliphatic carbocycles. The molecule has 0 spiro atoms. The van der Waals surface area contributed by atoms with E-state index in [1.165, 1.54) is 25.7 Å². The Hall–Kier alpha value is -2.63. The first-order valence-corrected chi connectivity index (χ1v) is 12.4. The van der Waals surface area contributed by atoms with Crippen LogP contribution in [0.2, 0.25) is 5.02 Å². The van der Waals surface area contributed by atoms with Crippen molar-refractivity contribution in [2.45, 2.75) is 65.2 Å². The van der Waals surface area contributed by atoms with Crippen molar-refractivity contribution in [3.05, 3.63) is 70.9 Å². The predicted octanol–water partition coefficient (Wildman–Crippen LogP) is 6.71. The lowest BCUT2D eigenvalue weighted by Gasteiger charge is -2.21. The fraction of sp³-hybridized carbons (Fsp3) is 0.429. The van der Waals surface area contributed by atoms with Gasteiger partial charge in [0.25, 0.3) is 0 Å². The highest BCUT2D eigenvalue weighted by molar-refractivity contribution is 6.31. The van der Waals surface area contributed by atoms with Crippen LogP contribution < -0.4 is 4.74 Å². The second-order valence-electron chi connectivity index (χ2n) is 9.61. The number of ketones is 1. The minimum absolute atomic E-state index is 0.0182. The van der Waals surface area contributed by atoms with Gasteiger partial charge in [0.15, 0.2) is 5.78 Å². The summed E-state index contributed by atoms with van der Waals surface area (Å²) in [5.74, 6) is 1.50. The molecule has 1 aliphatic rings. The number of nitrogens with zero attached hydrogens (tertiary/aromatic N) is 2. The molecule has 0 aliphatic heterocycles. The van der Waals surface area contributed by atoms with Crippen molar-refractivity contribution in [3.8, 4) is 17.0 Å². The zero-order valence-electron chi connectivity index (χ0n) is 20.2. The van der Waals surface area contributed by atoms with Crippen molar-refractivity contribution in [1.29, 1.82) is 0 Å². The Morgan fingerprint density at radius 1 is 1.12 bits per heavy atom. The third kappa shape index (κ3) is 6.08. The topological polar surface area (TPSA) is 53.4 Å². The molecule has 0 N–H and O–H groups in total. The normalized spacial score (nSPS) is 14.5. The molecular formula is C28H33ClN2O3. The molecule has 1 fully saturated rings. The Morgan fingerprint density at radius 3 is 2.62 bits per heavy atom. The van der Waals surface area contributed by atoms with E-state index in [0.29, 0.717) is 17.5 Å². The zero-order valence-corrected chi connectivity index (χ0v) is 21.0. The van der Waals surface area contributed by atoms with Crippen molar-refractivity contribution in [2.24, 2.45) is 5.92 Å². The van der Waals surface area contributed by atoms with Gasteiger partial charge in [-0.3, -0.25) is 9.48 Å². The predicted molar refractivity (Wildman–Crippen MR) is 135 cm³/mol. The number of hydrogen-bond donors (Lipinski definition) is 0. The summed E-state index contributed by atoms with van der Waals surface area (Å²) in [4.78, 5) is 11.9. The van der Waals surface area contributed by atoms with Crippen molar-refractivity contribution in [3.63, 3.8) is 0 Å². The molecule has 4 rings (SSSR count). The van der Waals surface area contributed by atoms with Crippen molar-refractivity contribution in [1.82, 2.24) is 9.78 Å². The van der Waals surface area contributed by atoms with Gasteiger partial charge in [0, 0.05) is 10.6 Å². The molecule has 0 atom stereocenters. The fourth-order valence-corrected chi connectivity index (χ4v) is 4.37. The first-order chi connectivity index (χ1) is 16.3. The molecule has 0 bridgehead atoms. The smallest absolute Gasteiger partial charge is 0.161 e. The molecule has 1 saturated carbocycles. The second-order valence-corrected chi connectivity index (χ2v) is 10.0. The summed E-state index contributed by atoms with van der Waals surface area (Å²) in [6.07, 6.45) is 5.12. The standard InChI is InChI=1S/C28H33ClN2O3/c1-20(32)28(2,3)34-19-24-16-27(31(30-24)17-23-11-6-7-14-26(23)29)22-12-8-13-25(15-22)33-18-21-9-4-5-10-21/h6-8,11-16,21H,4-5,9-10,17-19H2,1-3H3. The van der Waals surface area contributed by atoms with Crippen LogP contribution in [-0.2, 0) is 22.7 Å². The van der Waals surface area contributed by atoms with Gasteiger partial charge in [-0.05, 0) is 69.4 Å². The number of carbonyl (C=O) groups is 1. The Labute approximate surface area is 207 Å². The van der Waals surface area contributed by atoms with Gasteiger partial charge in [-0.2, -0.15) is 5.10 Å². The van der Waals surface area contributed by atoms with E-state index in [4.69, 9.17) is 26.2 Å². The molecule has 6 heteroatoms. The molecule has 180 valence electrons. The molecule has 0 amide bonds. The van der Waals surface area contributed by atoms with Crippen LogP contribution >= 0.6 is 11.6 Å².